The first-order valence-corrected chi connectivity index (χ1v) is 7.40. The molecule has 7 nitrogen and oxygen atoms in total. The Morgan fingerprint density at radius 1 is 1.52 bits per heavy atom. The molecule has 124 valence electrons. The van der Waals surface area contributed by atoms with Crippen molar-refractivity contribution in [1.82, 2.24) is 10.2 Å². The summed E-state index contributed by atoms with van der Waals surface area (Å²) in [6, 6.07) is 8.76. The molecule has 0 radical (unpaired) electrons. The molecule has 1 aliphatic heterocycles. The molecule has 0 unspecified atom stereocenters. The van der Waals surface area contributed by atoms with E-state index in [-0.39, 0.29) is 11.9 Å². The number of nitrogens with one attached hydrogen (secondary N) is 1. The topological polar surface area (TPSA) is 119 Å². The van der Waals surface area contributed by atoms with Crippen molar-refractivity contribution < 1.29 is 14.7 Å². The second kappa shape index (κ2) is 9.43. The predicted octanol–water partition coefficient (Wildman–Crippen LogP) is 1.55. The van der Waals surface area contributed by atoms with Crippen LogP contribution in [0.2, 0.25) is 0 Å². The fourth-order valence-corrected chi connectivity index (χ4v) is 2.38. The molecule has 0 aromatic heterocycles. The zero-order chi connectivity index (χ0) is 17.2. The van der Waals surface area contributed by atoms with Gasteiger partial charge in [0.2, 0.25) is 0 Å². The summed E-state index contributed by atoms with van der Waals surface area (Å²) < 4.78 is 0. The van der Waals surface area contributed by atoms with E-state index in [1.165, 1.54) is 11.8 Å². The minimum absolute atomic E-state index is 0.131. The zero-order valence-electron chi connectivity index (χ0n) is 13.2. The van der Waals surface area contributed by atoms with Crippen LogP contribution in [0.1, 0.15) is 35.7 Å². The van der Waals surface area contributed by atoms with Crippen molar-refractivity contribution in [1.29, 1.82) is 5.26 Å². The number of nitriles is 1. The van der Waals surface area contributed by atoms with Gasteiger partial charge in [0.1, 0.15) is 0 Å². The van der Waals surface area contributed by atoms with Crippen LogP contribution in [-0.4, -0.2) is 41.1 Å². The van der Waals surface area contributed by atoms with Gasteiger partial charge in [0.05, 0.1) is 6.07 Å². The van der Waals surface area contributed by atoms with Crippen LogP contribution >= 0.6 is 0 Å². The maximum atomic E-state index is 12.1. The minimum atomic E-state index is -0.936. The van der Waals surface area contributed by atoms with Crippen LogP contribution in [0.4, 0.5) is 4.79 Å². The monoisotopic (exact) mass is 318 g/mol. The van der Waals surface area contributed by atoms with E-state index in [4.69, 9.17) is 16.1 Å². The van der Waals surface area contributed by atoms with Gasteiger partial charge in [-0.15, -0.1) is 0 Å². The molecule has 0 aliphatic carbocycles. The predicted molar refractivity (Wildman–Crippen MR) is 85.7 cm³/mol. The molecule has 1 heterocycles. The van der Waals surface area contributed by atoms with Crippen LogP contribution in [0.25, 0.3) is 0 Å². The Morgan fingerprint density at radius 2 is 2.22 bits per heavy atom. The van der Waals surface area contributed by atoms with Gasteiger partial charge in [0.15, 0.2) is 0 Å². The van der Waals surface area contributed by atoms with Crippen molar-refractivity contribution in [3.8, 4) is 6.07 Å². The van der Waals surface area contributed by atoms with Gasteiger partial charge in [-0.1, -0.05) is 12.1 Å². The standard InChI is InChI=1S/C14H19N3O3.C2H3N/c15-8-10-3-1-4-11(7-10)13(18)16-12-5-2-6-17(9-12)14(19)20;1-2-3/h1,3-4,7,12H,2,5-6,8-9,15H2,(H,16,18)(H,19,20);1H3/t12-;/m0./s1. The largest absolute Gasteiger partial charge is 0.465 e. The lowest BCUT2D eigenvalue weighted by atomic mass is 10.0. The highest BCUT2D eigenvalue weighted by Gasteiger charge is 2.24. The van der Waals surface area contributed by atoms with Crippen LogP contribution in [0, 0.1) is 11.3 Å². The van der Waals surface area contributed by atoms with E-state index in [1.807, 2.05) is 6.07 Å². The Hall–Kier alpha value is -2.59. The lowest BCUT2D eigenvalue weighted by Crippen LogP contribution is -2.49. The van der Waals surface area contributed by atoms with E-state index in [0.29, 0.717) is 25.2 Å². The molecule has 0 bridgehead atoms. The molecule has 1 aromatic carbocycles. The quantitative estimate of drug-likeness (QED) is 0.781. The van der Waals surface area contributed by atoms with Gasteiger partial charge in [-0.25, -0.2) is 4.79 Å². The number of likely N-dealkylation sites (tertiary alicyclic amines) is 1. The van der Waals surface area contributed by atoms with Crippen molar-refractivity contribution in [2.75, 3.05) is 13.1 Å². The summed E-state index contributed by atoms with van der Waals surface area (Å²) in [6.45, 7) is 2.69. The summed E-state index contributed by atoms with van der Waals surface area (Å²) in [6.07, 6.45) is 0.626. The molecular formula is C16H22N4O3. The van der Waals surface area contributed by atoms with E-state index < -0.39 is 6.09 Å². The van der Waals surface area contributed by atoms with Crippen molar-refractivity contribution in [2.24, 2.45) is 5.73 Å². The Kier molecular flexibility index (Phi) is 7.57. The first-order valence-electron chi connectivity index (χ1n) is 7.40. The number of carbonyl (C=O) groups excluding carboxylic acids is 1. The summed E-state index contributed by atoms with van der Waals surface area (Å²) in [4.78, 5) is 24.4. The van der Waals surface area contributed by atoms with Crippen molar-refractivity contribution in [3.05, 3.63) is 35.4 Å². The van der Waals surface area contributed by atoms with E-state index in [1.54, 1.807) is 24.3 Å². The summed E-state index contributed by atoms with van der Waals surface area (Å²) in [7, 11) is 0. The van der Waals surface area contributed by atoms with Crippen molar-refractivity contribution >= 4 is 12.0 Å². The van der Waals surface area contributed by atoms with Crippen LogP contribution in [0.5, 0.6) is 0 Å². The average molecular weight is 318 g/mol. The summed E-state index contributed by atoms with van der Waals surface area (Å²) in [5, 5.41) is 19.2. The lowest BCUT2D eigenvalue weighted by Gasteiger charge is -2.31. The highest BCUT2D eigenvalue weighted by molar-refractivity contribution is 5.94. The summed E-state index contributed by atoms with van der Waals surface area (Å²) >= 11 is 0. The lowest BCUT2D eigenvalue weighted by molar-refractivity contribution is 0.0888. The zero-order valence-corrected chi connectivity index (χ0v) is 13.2. The first kappa shape index (κ1) is 18.5. The van der Waals surface area contributed by atoms with Gasteiger partial charge in [-0.3, -0.25) is 4.79 Å². The fourth-order valence-electron chi connectivity index (χ4n) is 2.38. The van der Waals surface area contributed by atoms with Gasteiger partial charge in [0.25, 0.3) is 5.91 Å². The minimum Gasteiger partial charge on any atom is -0.465 e. The molecule has 1 fully saturated rings. The molecule has 4 N–H and O–H groups in total. The molecule has 2 amide bonds. The van der Waals surface area contributed by atoms with Gasteiger partial charge in [-0.05, 0) is 30.5 Å². The summed E-state index contributed by atoms with van der Waals surface area (Å²) in [5.41, 5.74) is 7.00. The maximum Gasteiger partial charge on any atom is 0.407 e. The Balaban J connectivity index is 0.000000816. The first-order chi connectivity index (χ1) is 11.0. The number of carboxylic acid groups (broad SMARTS) is 1. The van der Waals surface area contributed by atoms with Crippen LogP contribution in [0.15, 0.2) is 24.3 Å². The average Bonchev–Trinajstić information content (AvgIpc) is 2.56. The molecular weight excluding hydrogens is 296 g/mol. The number of hydrogen-bond acceptors (Lipinski definition) is 4. The normalized spacial score (nSPS) is 16.6. The van der Waals surface area contributed by atoms with Crippen LogP contribution < -0.4 is 11.1 Å². The smallest absolute Gasteiger partial charge is 0.407 e. The third kappa shape index (κ3) is 5.96. The van der Waals surface area contributed by atoms with E-state index in [2.05, 4.69) is 5.32 Å². The van der Waals surface area contributed by atoms with Crippen molar-refractivity contribution in [3.63, 3.8) is 0 Å². The van der Waals surface area contributed by atoms with Crippen molar-refractivity contribution in [2.45, 2.75) is 32.4 Å². The fraction of sp³-hybridized carbons (Fsp3) is 0.438. The number of piperidine rings is 1. The Bertz CT molecular complexity index is 583. The molecule has 2 rings (SSSR count). The van der Waals surface area contributed by atoms with Crippen LogP contribution in [0.3, 0.4) is 0 Å². The second-order valence-electron chi connectivity index (χ2n) is 5.17. The van der Waals surface area contributed by atoms with Gasteiger partial charge in [-0.2, -0.15) is 5.26 Å². The maximum absolute atomic E-state index is 12.1. The number of benzene rings is 1. The Morgan fingerprint density at radius 3 is 2.83 bits per heavy atom. The molecule has 0 spiro atoms. The second-order valence-corrected chi connectivity index (χ2v) is 5.17. The highest BCUT2D eigenvalue weighted by atomic mass is 16.4. The number of nitrogens with two attached hydrogens (primary N) is 1. The summed E-state index contributed by atoms with van der Waals surface area (Å²) in [5.74, 6) is -0.183. The Labute approximate surface area is 135 Å². The number of amides is 2. The molecule has 7 heteroatoms. The number of rotatable bonds is 3. The molecule has 23 heavy (non-hydrogen) atoms. The van der Waals surface area contributed by atoms with E-state index in [9.17, 15) is 9.59 Å². The molecule has 0 saturated carbocycles. The van der Waals surface area contributed by atoms with Crippen LogP contribution in [-0.2, 0) is 6.54 Å². The van der Waals surface area contributed by atoms with Gasteiger partial charge >= 0.3 is 6.09 Å². The third-order valence-electron chi connectivity index (χ3n) is 3.45. The molecule has 1 atom stereocenters. The number of carbonyl (C=O) groups is 2. The van der Waals surface area contributed by atoms with E-state index in [0.717, 1.165) is 18.4 Å². The van der Waals surface area contributed by atoms with Gasteiger partial charge < -0.3 is 21.1 Å². The van der Waals surface area contributed by atoms with Gasteiger partial charge in [0, 0.05) is 38.2 Å². The molecule has 1 aromatic rings. The highest BCUT2D eigenvalue weighted by Crippen LogP contribution is 2.12. The third-order valence-corrected chi connectivity index (χ3v) is 3.45. The SMILES string of the molecule is CC#N.NCc1cccc(C(=O)N[C@H]2CCCN(C(=O)O)C2)c1. The molecule has 1 saturated heterocycles. The molecule has 1 aliphatic rings. The number of hydrogen-bond donors (Lipinski definition) is 3. The number of nitrogens with zero attached hydrogens (tertiary/aromatic N) is 2. The van der Waals surface area contributed by atoms with E-state index >= 15 is 0 Å².